The molecule has 0 spiro atoms. The second-order valence-corrected chi connectivity index (χ2v) is 11.3. The molecule has 10 heteroatoms. The van der Waals surface area contributed by atoms with Crippen LogP contribution in [0, 0.1) is 0 Å². The van der Waals surface area contributed by atoms with Crippen molar-refractivity contribution in [3.05, 3.63) is 60.6 Å². The molecule has 3 aromatic rings. The van der Waals surface area contributed by atoms with Crippen molar-refractivity contribution >= 4 is 25.7 Å². The molecule has 1 heterocycles. The predicted molar refractivity (Wildman–Crippen MR) is 115 cm³/mol. The van der Waals surface area contributed by atoms with Crippen LogP contribution in [0.5, 0.6) is 0 Å². The van der Waals surface area contributed by atoms with Crippen LogP contribution in [0.15, 0.2) is 68.9 Å². The van der Waals surface area contributed by atoms with Crippen LogP contribution >= 0.6 is 0 Å². The molecule has 2 aliphatic carbocycles. The highest BCUT2D eigenvalue weighted by Crippen LogP contribution is 2.40. The van der Waals surface area contributed by atoms with Crippen LogP contribution in [0.3, 0.4) is 0 Å². The second-order valence-electron chi connectivity index (χ2n) is 7.89. The molecule has 31 heavy (non-hydrogen) atoms. The van der Waals surface area contributed by atoms with E-state index in [1.54, 1.807) is 30.5 Å². The van der Waals surface area contributed by atoms with Crippen molar-refractivity contribution in [2.24, 2.45) is 0 Å². The summed E-state index contributed by atoms with van der Waals surface area (Å²) in [5.41, 5.74) is 1.15. The van der Waals surface area contributed by atoms with Gasteiger partial charge in [0.1, 0.15) is 0 Å². The van der Waals surface area contributed by atoms with Gasteiger partial charge >= 0.3 is 0 Å². The summed E-state index contributed by atoms with van der Waals surface area (Å²) < 4.78 is 61.2. The highest BCUT2D eigenvalue weighted by Gasteiger charge is 2.29. The van der Waals surface area contributed by atoms with Crippen molar-refractivity contribution in [2.45, 2.75) is 47.4 Å². The summed E-state index contributed by atoms with van der Waals surface area (Å²) in [6, 6.07) is 12.0. The Morgan fingerprint density at radius 2 is 1.55 bits per heavy atom. The topological polar surface area (TPSA) is 118 Å². The first-order valence-electron chi connectivity index (χ1n) is 10.0. The minimum absolute atomic E-state index is 0.0633. The number of hydrogen-bond donors (Lipinski definition) is 2. The van der Waals surface area contributed by atoms with E-state index in [0.717, 1.165) is 43.2 Å². The SMILES string of the molecule is O=S(=O)(Nc1ccc(-c2cnc(C3CC3)o2)cc1)c1cccc(S(=O)(=O)NC2CC2)c1. The maximum absolute atomic E-state index is 12.8. The molecule has 162 valence electrons. The quantitative estimate of drug-likeness (QED) is 0.533. The fourth-order valence-electron chi connectivity index (χ4n) is 3.15. The Labute approximate surface area is 180 Å². The Kier molecular flexibility index (Phi) is 4.87. The number of hydrogen-bond acceptors (Lipinski definition) is 6. The molecule has 0 amide bonds. The average molecular weight is 460 g/mol. The molecule has 0 radical (unpaired) electrons. The molecule has 8 nitrogen and oxygen atoms in total. The van der Waals surface area contributed by atoms with Crippen LogP contribution in [0.2, 0.25) is 0 Å². The highest BCUT2D eigenvalue weighted by molar-refractivity contribution is 7.93. The van der Waals surface area contributed by atoms with Gasteiger partial charge in [-0.1, -0.05) is 6.07 Å². The number of aromatic nitrogens is 1. The number of sulfonamides is 2. The molecule has 0 saturated heterocycles. The first-order chi connectivity index (χ1) is 14.8. The second kappa shape index (κ2) is 7.47. The first-order valence-corrected chi connectivity index (χ1v) is 13.0. The van der Waals surface area contributed by atoms with Gasteiger partial charge in [-0.3, -0.25) is 4.72 Å². The molecule has 2 fully saturated rings. The zero-order chi connectivity index (χ0) is 21.6. The zero-order valence-electron chi connectivity index (χ0n) is 16.5. The molecule has 2 aromatic carbocycles. The van der Waals surface area contributed by atoms with E-state index in [0.29, 0.717) is 17.4 Å². The van der Waals surface area contributed by atoms with Crippen molar-refractivity contribution in [3.8, 4) is 11.3 Å². The molecule has 2 saturated carbocycles. The van der Waals surface area contributed by atoms with Crippen LogP contribution in [-0.4, -0.2) is 27.9 Å². The average Bonchev–Trinajstić information content (AvgIpc) is 3.69. The predicted octanol–water partition coefficient (Wildman–Crippen LogP) is 3.46. The molecular weight excluding hydrogens is 438 g/mol. The van der Waals surface area contributed by atoms with E-state index < -0.39 is 20.0 Å². The van der Waals surface area contributed by atoms with Crippen molar-refractivity contribution in [1.82, 2.24) is 9.71 Å². The van der Waals surface area contributed by atoms with E-state index in [2.05, 4.69) is 14.4 Å². The first kappa shape index (κ1) is 20.2. The molecule has 0 aliphatic heterocycles. The van der Waals surface area contributed by atoms with Crippen LogP contribution in [0.4, 0.5) is 5.69 Å². The van der Waals surface area contributed by atoms with E-state index >= 15 is 0 Å². The van der Waals surface area contributed by atoms with Gasteiger partial charge in [0.05, 0.1) is 16.0 Å². The molecular formula is C21H21N3O5S2. The molecule has 0 bridgehead atoms. The lowest BCUT2D eigenvalue weighted by Crippen LogP contribution is -2.26. The number of anilines is 1. The molecule has 0 atom stereocenters. The molecule has 2 aliphatic rings. The largest absolute Gasteiger partial charge is 0.440 e. The van der Waals surface area contributed by atoms with Gasteiger partial charge in [0.2, 0.25) is 10.0 Å². The van der Waals surface area contributed by atoms with Gasteiger partial charge < -0.3 is 4.42 Å². The normalized spacial score (nSPS) is 16.9. The molecule has 1 aromatic heterocycles. The summed E-state index contributed by atoms with van der Waals surface area (Å²) in [5, 5.41) is 0. The van der Waals surface area contributed by atoms with Gasteiger partial charge in [0, 0.05) is 23.2 Å². The number of nitrogens with zero attached hydrogens (tertiary/aromatic N) is 1. The lowest BCUT2D eigenvalue weighted by Gasteiger charge is -2.10. The standard InChI is InChI=1S/C21H21N3O5S2/c25-30(26,18-2-1-3-19(12-18)31(27,28)24-17-10-11-17)23-16-8-6-14(7-9-16)20-13-22-21(29-20)15-4-5-15/h1-3,6-9,12-13,15,17,23-24H,4-5,10-11H2. The summed E-state index contributed by atoms with van der Waals surface area (Å²) in [4.78, 5) is 4.09. The van der Waals surface area contributed by atoms with E-state index in [9.17, 15) is 16.8 Å². The van der Waals surface area contributed by atoms with Crippen molar-refractivity contribution in [1.29, 1.82) is 0 Å². The van der Waals surface area contributed by atoms with Gasteiger partial charge in [-0.2, -0.15) is 0 Å². The third kappa shape index (κ3) is 4.51. The lowest BCUT2D eigenvalue weighted by atomic mass is 10.2. The zero-order valence-corrected chi connectivity index (χ0v) is 18.1. The van der Waals surface area contributed by atoms with Gasteiger partial charge in [0.25, 0.3) is 10.0 Å². The molecule has 2 N–H and O–H groups in total. The van der Waals surface area contributed by atoms with E-state index in [4.69, 9.17) is 4.42 Å². The maximum Gasteiger partial charge on any atom is 0.261 e. The number of benzene rings is 2. The Morgan fingerprint density at radius 3 is 2.19 bits per heavy atom. The van der Waals surface area contributed by atoms with Crippen molar-refractivity contribution in [2.75, 3.05) is 4.72 Å². The number of rotatable bonds is 8. The Bertz CT molecular complexity index is 1320. The fourth-order valence-corrected chi connectivity index (χ4v) is 5.68. The van der Waals surface area contributed by atoms with E-state index in [-0.39, 0.29) is 15.8 Å². The summed E-state index contributed by atoms with van der Waals surface area (Å²) >= 11 is 0. The van der Waals surface area contributed by atoms with E-state index in [1.165, 1.54) is 18.2 Å². The third-order valence-corrected chi connectivity index (χ3v) is 8.09. The third-order valence-electron chi connectivity index (χ3n) is 5.20. The minimum atomic E-state index is -3.96. The fraction of sp³-hybridized carbons (Fsp3) is 0.286. The smallest absolute Gasteiger partial charge is 0.261 e. The molecule has 5 rings (SSSR count). The summed E-state index contributed by atoms with van der Waals surface area (Å²) in [7, 11) is -7.71. The Hall–Kier alpha value is -2.69. The molecule has 0 unspecified atom stereocenters. The van der Waals surface area contributed by atoms with Crippen molar-refractivity contribution in [3.63, 3.8) is 0 Å². The maximum atomic E-state index is 12.8. The van der Waals surface area contributed by atoms with Crippen LogP contribution in [0.1, 0.15) is 37.5 Å². The highest BCUT2D eigenvalue weighted by atomic mass is 32.2. The number of oxazole rings is 1. The summed E-state index contributed by atoms with van der Waals surface area (Å²) in [5.74, 6) is 1.79. The van der Waals surface area contributed by atoms with Crippen LogP contribution < -0.4 is 9.44 Å². The van der Waals surface area contributed by atoms with Gasteiger partial charge in [-0.05, 0) is 68.1 Å². The van der Waals surface area contributed by atoms with E-state index in [1.807, 2.05) is 0 Å². The lowest BCUT2D eigenvalue weighted by molar-refractivity contribution is 0.509. The summed E-state index contributed by atoms with van der Waals surface area (Å²) in [6.07, 6.45) is 5.46. The summed E-state index contributed by atoms with van der Waals surface area (Å²) in [6.45, 7) is 0. The van der Waals surface area contributed by atoms with Gasteiger partial charge in [-0.25, -0.2) is 26.5 Å². The monoisotopic (exact) mass is 459 g/mol. The van der Waals surface area contributed by atoms with Crippen LogP contribution in [-0.2, 0) is 20.0 Å². The number of nitrogens with one attached hydrogen (secondary N) is 2. The van der Waals surface area contributed by atoms with Gasteiger partial charge in [-0.15, -0.1) is 0 Å². The Balaban J connectivity index is 1.33. The van der Waals surface area contributed by atoms with Crippen molar-refractivity contribution < 1.29 is 21.3 Å². The minimum Gasteiger partial charge on any atom is -0.440 e. The van der Waals surface area contributed by atoms with Gasteiger partial charge in [0.15, 0.2) is 11.7 Å². The Morgan fingerprint density at radius 1 is 0.871 bits per heavy atom. The van der Waals surface area contributed by atoms with Crippen LogP contribution in [0.25, 0.3) is 11.3 Å².